The number of carbonyl (C=O) groups is 1. The van der Waals surface area contributed by atoms with Crippen molar-refractivity contribution in [3.8, 4) is 0 Å². The minimum Gasteiger partial charge on any atom is -0.288 e. The van der Waals surface area contributed by atoms with E-state index in [1.54, 1.807) is 17.7 Å². The lowest BCUT2D eigenvalue weighted by Gasteiger charge is -2.05. The highest BCUT2D eigenvalue weighted by molar-refractivity contribution is 6.05. The first-order valence-corrected chi connectivity index (χ1v) is 4.53. The summed E-state index contributed by atoms with van der Waals surface area (Å²) in [6, 6.07) is 7.47. The molecular weight excluding hydrogens is 192 g/mol. The minimum absolute atomic E-state index is 0.235. The zero-order valence-corrected chi connectivity index (χ0v) is 8.19. The second kappa shape index (κ2) is 3.67. The standard InChI is InChI=1S/C11H10N2O2/c1-7-3-2-4-9-8(7)5-6-12-10(9)11(14)13-15/h2-6,15H,1H3,(H,13,14). The minimum atomic E-state index is -0.591. The average Bonchev–Trinajstić information content (AvgIpc) is 2.28. The van der Waals surface area contributed by atoms with Crippen LogP contribution in [0.1, 0.15) is 16.1 Å². The zero-order chi connectivity index (χ0) is 10.8. The monoisotopic (exact) mass is 202 g/mol. The molecule has 76 valence electrons. The summed E-state index contributed by atoms with van der Waals surface area (Å²) in [5.74, 6) is -0.591. The van der Waals surface area contributed by atoms with E-state index in [4.69, 9.17) is 5.21 Å². The second-order valence-electron chi connectivity index (χ2n) is 3.27. The highest BCUT2D eigenvalue weighted by atomic mass is 16.5. The van der Waals surface area contributed by atoms with E-state index in [0.717, 1.165) is 16.3 Å². The summed E-state index contributed by atoms with van der Waals surface area (Å²) in [6.45, 7) is 1.96. The Bertz CT molecular complexity index is 523. The molecule has 0 atom stereocenters. The molecule has 0 saturated heterocycles. The molecule has 1 aromatic heterocycles. The molecule has 0 saturated carbocycles. The second-order valence-corrected chi connectivity index (χ2v) is 3.27. The van der Waals surface area contributed by atoms with Crippen LogP contribution in [0.2, 0.25) is 0 Å². The maximum atomic E-state index is 11.3. The highest BCUT2D eigenvalue weighted by Crippen LogP contribution is 2.19. The van der Waals surface area contributed by atoms with E-state index in [0.29, 0.717) is 0 Å². The Hall–Kier alpha value is -1.94. The molecule has 1 heterocycles. The van der Waals surface area contributed by atoms with Crippen molar-refractivity contribution in [3.05, 3.63) is 41.7 Å². The number of hydroxylamine groups is 1. The molecule has 1 amide bonds. The predicted molar refractivity (Wildman–Crippen MR) is 55.7 cm³/mol. The number of aromatic nitrogens is 1. The van der Waals surface area contributed by atoms with Crippen LogP contribution in [0.4, 0.5) is 0 Å². The third-order valence-electron chi connectivity index (χ3n) is 2.34. The molecule has 4 heteroatoms. The van der Waals surface area contributed by atoms with Crippen molar-refractivity contribution in [2.45, 2.75) is 6.92 Å². The topological polar surface area (TPSA) is 62.2 Å². The van der Waals surface area contributed by atoms with Crippen LogP contribution in [0, 0.1) is 6.92 Å². The number of hydrogen-bond donors (Lipinski definition) is 2. The summed E-state index contributed by atoms with van der Waals surface area (Å²) < 4.78 is 0. The third kappa shape index (κ3) is 1.55. The van der Waals surface area contributed by atoms with Crippen molar-refractivity contribution in [1.29, 1.82) is 0 Å². The lowest BCUT2D eigenvalue weighted by atomic mass is 10.1. The van der Waals surface area contributed by atoms with Gasteiger partial charge in [0.2, 0.25) is 0 Å². The molecule has 2 aromatic rings. The van der Waals surface area contributed by atoms with E-state index >= 15 is 0 Å². The van der Waals surface area contributed by atoms with E-state index < -0.39 is 5.91 Å². The summed E-state index contributed by atoms with van der Waals surface area (Å²) in [4.78, 5) is 15.3. The fourth-order valence-electron chi connectivity index (χ4n) is 1.60. The van der Waals surface area contributed by atoms with Crippen molar-refractivity contribution in [2.24, 2.45) is 0 Å². The van der Waals surface area contributed by atoms with E-state index in [1.807, 2.05) is 25.1 Å². The fourth-order valence-corrected chi connectivity index (χ4v) is 1.60. The molecule has 4 nitrogen and oxygen atoms in total. The van der Waals surface area contributed by atoms with Gasteiger partial charge in [-0.1, -0.05) is 18.2 Å². The SMILES string of the molecule is Cc1cccc2c(C(=O)NO)nccc12. The van der Waals surface area contributed by atoms with Crippen LogP contribution in [0.5, 0.6) is 0 Å². The quantitative estimate of drug-likeness (QED) is 0.546. The lowest BCUT2D eigenvalue weighted by molar-refractivity contribution is 0.0703. The first-order chi connectivity index (χ1) is 7.24. The van der Waals surface area contributed by atoms with Crippen LogP contribution in [0.25, 0.3) is 10.8 Å². The van der Waals surface area contributed by atoms with Crippen LogP contribution in [-0.2, 0) is 0 Å². The Morgan fingerprint density at radius 1 is 1.33 bits per heavy atom. The molecule has 0 bridgehead atoms. The van der Waals surface area contributed by atoms with Gasteiger partial charge in [0.1, 0.15) is 5.69 Å². The number of rotatable bonds is 1. The average molecular weight is 202 g/mol. The van der Waals surface area contributed by atoms with Gasteiger partial charge in [0.15, 0.2) is 0 Å². The van der Waals surface area contributed by atoms with E-state index in [1.165, 1.54) is 0 Å². The first-order valence-electron chi connectivity index (χ1n) is 4.53. The van der Waals surface area contributed by atoms with Crippen molar-refractivity contribution in [3.63, 3.8) is 0 Å². The van der Waals surface area contributed by atoms with Gasteiger partial charge < -0.3 is 0 Å². The van der Waals surface area contributed by atoms with Gasteiger partial charge in [-0.15, -0.1) is 0 Å². The van der Waals surface area contributed by atoms with Crippen LogP contribution in [-0.4, -0.2) is 16.1 Å². The van der Waals surface area contributed by atoms with Gasteiger partial charge >= 0.3 is 0 Å². The maximum Gasteiger partial charge on any atom is 0.293 e. The van der Waals surface area contributed by atoms with E-state index in [-0.39, 0.29) is 5.69 Å². The predicted octanol–water partition coefficient (Wildman–Crippen LogP) is 1.66. The Kier molecular flexibility index (Phi) is 2.35. The van der Waals surface area contributed by atoms with E-state index in [2.05, 4.69) is 4.98 Å². The zero-order valence-electron chi connectivity index (χ0n) is 8.19. The third-order valence-corrected chi connectivity index (χ3v) is 2.34. The van der Waals surface area contributed by atoms with Gasteiger partial charge in [0.05, 0.1) is 0 Å². The largest absolute Gasteiger partial charge is 0.293 e. The molecule has 15 heavy (non-hydrogen) atoms. The molecule has 0 aliphatic rings. The number of benzene rings is 1. The Morgan fingerprint density at radius 3 is 2.87 bits per heavy atom. The molecule has 1 aromatic carbocycles. The van der Waals surface area contributed by atoms with Crippen molar-refractivity contribution in [1.82, 2.24) is 10.5 Å². The lowest BCUT2D eigenvalue weighted by Crippen LogP contribution is -2.20. The van der Waals surface area contributed by atoms with Crippen LogP contribution in [0.3, 0.4) is 0 Å². The molecule has 2 rings (SSSR count). The number of aryl methyl sites for hydroxylation is 1. The molecule has 0 fully saturated rings. The van der Waals surface area contributed by atoms with E-state index in [9.17, 15) is 4.79 Å². The van der Waals surface area contributed by atoms with Gasteiger partial charge in [0, 0.05) is 11.6 Å². The smallest absolute Gasteiger partial charge is 0.288 e. The van der Waals surface area contributed by atoms with Gasteiger partial charge in [0.25, 0.3) is 5.91 Å². The van der Waals surface area contributed by atoms with Crippen LogP contribution >= 0.6 is 0 Å². The number of nitrogens with one attached hydrogen (secondary N) is 1. The van der Waals surface area contributed by atoms with Gasteiger partial charge in [-0.3, -0.25) is 15.0 Å². The molecule has 2 N–H and O–H groups in total. The van der Waals surface area contributed by atoms with Crippen LogP contribution < -0.4 is 5.48 Å². The number of carbonyl (C=O) groups excluding carboxylic acids is 1. The van der Waals surface area contributed by atoms with Gasteiger partial charge in [-0.25, -0.2) is 5.48 Å². The summed E-state index contributed by atoms with van der Waals surface area (Å²) >= 11 is 0. The summed E-state index contributed by atoms with van der Waals surface area (Å²) in [7, 11) is 0. The summed E-state index contributed by atoms with van der Waals surface area (Å²) in [5.41, 5.74) is 2.90. The molecule has 0 spiro atoms. The normalized spacial score (nSPS) is 10.3. The van der Waals surface area contributed by atoms with Crippen molar-refractivity contribution >= 4 is 16.7 Å². The molecule has 0 radical (unpaired) electrons. The molecule has 0 unspecified atom stereocenters. The Balaban J connectivity index is 2.77. The number of pyridine rings is 1. The highest BCUT2D eigenvalue weighted by Gasteiger charge is 2.10. The maximum absolute atomic E-state index is 11.3. The van der Waals surface area contributed by atoms with Crippen molar-refractivity contribution < 1.29 is 10.0 Å². The number of amides is 1. The van der Waals surface area contributed by atoms with Gasteiger partial charge in [-0.05, 0) is 23.9 Å². The molecular formula is C11H10N2O2. The Labute approximate surface area is 86.5 Å². The number of fused-ring (bicyclic) bond motifs is 1. The molecule has 0 aliphatic carbocycles. The fraction of sp³-hybridized carbons (Fsp3) is 0.0909. The Morgan fingerprint density at radius 2 is 2.13 bits per heavy atom. The van der Waals surface area contributed by atoms with Crippen LogP contribution in [0.15, 0.2) is 30.5 Å². The molecule has 0 aliphatic heterocycles. The number of hydrogen-bond acceptors (Lipinski definition) is 3. The van der Waals surface area contributed by atoms with Crippen molar-refractivity contribution in [2.75, 3.05) is 0 Å². The first kappa shape index (κ1) is 9.61. The summed E-state index contributed by atoms with van der Waals surface area (Å²) in [6.07, 6.45) is 1.56. The van der Waals surface area contributed by atoms with Gasteiger partial charge in [-0.2, -0.15) is 0 Å². The summed E-state index contributed by atoms with van der Waals surface area (Å²) in [5, 5.41) is 10.3. The number of nitrogens with zero attached hydrogens (tertiary/aromatic N) is 1.